The van der Waals surface area contributed by atoms with Crippen molar-refractivity contribution >= 4 is 29.1 Å². The highest BCUT2D eigenvalue weighted by Gasteiger charge is 2.58. The zero-order valence-corrected chi connectivity index (χ0v) is 22.1. The minimum absolute atomic E-state index is 0.0140. The van der Waals surface area contributed by atoms with E-state index in [-0.39, 0.29) is 34.3 Å². The van der Waals surface area contributed by atoms with E-state index in [9.17, 15) is 9.90 Å². The predicted octanol–water partition coefficient (Wildman–Crippen LogP) is 3.73. The van der Waals surface area contributed by atoms with Gasteiger partial charge in [-0.1, -0.05) is 29.3 Å². The van der Waals surface area contributed by atoms with Crippen molar-refractivity contribution in [3.05, 3.63) is 63.7 Å². The fourth-order valence-electron chi connectivity index (χ4n) is 5.78. The summed E-state index contributed by atoms with van der Waals surface area (Å²) >= 11 is 11.8. The first-order valence-corrected chi connectivity index (χ1v) is 13.2. The number of hydrogen-bond donors (Lipinski definition) is 1. The third kappa shape index (κ3) is 4.73. The summed E-state index contributed by atoms with van der Waals surface area (Å²) in [6, 6.07) is 3.49. The number of carbonyl (C=O) groups excluding carboxylic acids is 1. The zero-order valence-electron chi connectivity index (χ0n) is 20.6. The third-order valence-corrected chi connectivity index (χ3v) is 8.41. The van der Waals surface area contributed by atoms with Crippen LogP contribution in [0.2, 0.25) is 10.0 Å². The Hall–Kier alpha value is -2.93. The van der Waals surface area contributed by atoms with Gasteiger partial charge in [0.15, 0.2) is 5.69 Å². The van der Waals surface area contributed by atoms with E-state index in [0.717, 1.165) is 38.1 Å². The summed E-state index contributed by atoms with van der Waals surface area (Å²) in [5, 5.41) is 17.9. The van der Waals surface area contributed by atoms with Gasteiger partial charge in [0.05, 0.1) is 22.1 Å². The van der Waals surface area contributed by atoms with Gasteiger partial charge in [-0.25, -0.2) is 9.97 Å². The molecule has 2 aromatic heterocycles. The standard InChI is InChI=1S/C25H24Cl2F2N6O4/c26-17-4-3-14(8-18(17)27)25(28,29)23-33-32-21(39-23)16-10-35(22(37)19-20(36)31-6-5-30-19)13-24(16)11-34(12-24)9-15-2-1-7-38-15/h3-6,8,15-16H,1-2,7,9-13H2,(H,31,36). The number of alkyl halides is 2. The van der Waals surface area contributed by atoms with Crippen molar-refractivity contribution < 1.29 is 27.8 Å². The molecule has 3 fully saturated rings. The van der Waals surface area contributed by atoms with Crippen molar-refractivity contribution in [2.45, 2.75) is 30.8 Å². The van der Waals surface area contributed by atoms with Gasteiger partial charge in [0.25, 0.3) is 11.8 Å². The number of aromatic nitrogens is 4. The summed E-state index contributed by atoms with van der Waals surface area (Å²) in [6.45, 7) is 3.10. The van der Waals surface area contributed by atoms with Crippen molar-refractivity contribution in [2.75, 3.05) is 39.3 Å². The van der Waals surface area contributed by atoms with Crippen LogP contribution in [0.4, 0.5) is 8.78 Å². The Balaban J connectivity index is 1.27. The molecule has 1 N–H and O–H groups in total. The molecular formula is C25H24Cl2F2N6O4. The lowest BCUT2D eigenvalue weighted by molar-refractivity contribution is -0.0391. The van der Waals surface area contributed by atoms with E-state index in [0.29, 0.717) is 19.6 Å². The van der Waals surface area contributed by atoms with Gasteiger partial charge >= 0.3 is 5.92 Å². The van der Waals surface area contributed by atoms with Crippen LogP contribution in [0.1, 0.15) is 46.6 Å². The summed E-state index contributed by atoms with van der Waals surface area (Å²) in [5.41, 5.74) is -1.12. The quantitative estimate of drug-likeness (QED) is 0.465. The molecule has 1 spiro atoms. The molecular weight excluding hydrogens is 557 g/mol. The van der Waals surface area contributed by atoms with E-state index >= 15 is 8.78 Å². The highest BCUT2D eigenvalue weighted by atomic mass is 35.5. The maximum atomic E-state index is 15.3. The first-order valence-electron chi connectivity index (χ1n) is 12.5. The maximum absolute atomic E-state index is 15.3. The second-order valence-corrected chi connectivity index (χ2v) is 11.1. The van der Waals surface area contributed by atoms with Crippen LogP contribution < -0.4 is 0 Å². The molecule has 1 aromatic carbocycles. The Morgan fingerprint density at radius 1 is 1.15 bits per heavy atom. The number of nitrogens with zero attached hydrogens (tertiary/aromatic N) is 6. The van der Waals surface area contributed by atoms with Crippen LogP contribution in [0, 0.1) is 5.41 Å². The Morgan fingerprint density at radius 3 is 2.67 bits per heavy atom. The summed E-state index contributed by atoms with van der Waals surface area (Å²) < 4.78 is 42.0. The second kappa shape index (κ2) is 9.92. The smallest absolute Gasteiger partial charge is 0.349 e. The summed E-state index contributed by atoms with van der Waals surface area (Å²) in [6.07, 6.45) is 4.76. The monoisotopic (exact) mass is 580 g/mol. The number of rotatable bonds is 6. The molecule has 3 aliphatic heterocycles. The van der Waals surface area contributed by atoms with Crippen molar-refractivity contribution in [1.82, 2.24) is 30.0 Å². The molecule has 14 heteroatoms. The lowest BCUT2D eigenvalue weighted by Crippen LogP contribution is -2.61. The van der Waals surface area contributed by atoms with Gasteiger partial charge in [-0.15, -0.1) is 10.2 Å². The topological polar surface area (TPSA) is 118 Å². The lowest BCUT2D eigenvalue weighted by Gasteiger charge is -2.50. The first kappa shape index (κ1) is 26.3. The van der Waals surface area contributed by atoms with Gasteiger partial charge in [0.1, 0.15) is 0 Å². The van der Waals surface area contributed by atoms with Gasteiger partial charge < -0.3 is 19.2 Å². The SMILES string of the molecule is O=C(c1nccnc1O)N1CC(c2nnc(C(F)(F)c3ccc(Cl)c(Cl)c3)o2)C2(CN(CC3CCCO3)C2)C1. The number of amides is 1. The predicted molar refractivity (Wildman–Crippen MR) is 134 cm³/mol. The molecule has 6 rings (SSSR count). The van der Waals surface area contributed by atoms with Crippen LogP contribution in [0.5, 0.6) is 5.88 Å². The van der Waals surface area contributed by atoms with Crippen molar-refractivity contribution in [3.63, 3.8) is 0 Å². The number of aromatic hydroxyl groups is 1. The van der Waals surface area contributed by atoms with E-state index in [1.54, 1.807) is 0 Å². The van der Waals surface area contributed by atoms with Gasteiger partial charge in [0, 0.05) is 62.7 Å². The number of ether oxygens (including phenoxy) is 1. The third-order valence-electron chi connectivity index (χ3n) is 7.67. The van der Waals surface area contributed by atoms with Crippen molar-refractivity contribution in [1.29, 1.82) is 0 Å². The zero-order chi connectivity index (χ0) is 27.4. The van der Waals surface area contributed by atoms with Crippen LogP contribution in [0.3, 0.4) is 0 Å². The molecule has 3 aliphatic rings. The number of likely N-dealkylation sites (tertiary alicyclic amines) is 2. The summed E-state index contributed by atoms with van der Waals surface area (Å²) in [7, 11) is 0. The fourth-order valence-corrected chi connectivity index (χ4v) is 6.08. The van der Waals surface area contributed by atoms with Gasteiger partial charge in [-0.2, -0.15) is 8.78 Å². The average Bonchev–Trinajstić information content (AvgIpc) is 3.65. The Bertz CT molecular complexity index is 1400. The molecule has 1 amide bonds. The minimum Gasteiger partial charge on any atom is -0.492 e. The molecule has 0 aliphatic carbocycles. The average molecular weight is 581 g/mol. The van der Waals surface area contributed by atoms with E-state index < -0.39 is 40.5 Å². The molecule has 10 nitrogen and oxygen atoms in total. The van der Waals surface area contributed by atoms with Crippen LogP contribution in [0.15, 0.2) is 35.0 Å². The normalized spacial score (nSPS) is 22.9. The number of carbonyl (C=O) groups is 1. The molecule has 3 saturated heterocycles. The highest BCUT2D eigenvalue weighted by molar-refractivity contribution is 6.42. The minimum atomic E-state index is -3.61. The molecule has 5 heterocycles. The highest BCUT2D eigenvalue weighted by Crippen LogP contribution is 2.50. The van der Waals surface area contributed by atoms with Gasteiger partial charge in [0.2, 0.25) is 11.8 Å². The number of benzene rings is 1. The first-order chi connectivity index (χ1) is 18.7. The Morgan fingerprint density at radius 2 is 1.95 bits per heavy atom. The van der Waals surface area contributed by atoms with E-state index in [2.05, 4.69) is 25.1 Å². The Labute approximate surface area is 231 Å². The fraction of sp³-hybridized carbons (Fsp3) is 0.480. The summed E-state index contributed by atoms with van der Waals surface area (Å²) in [5.74, 6) is -5.97. The van der Waals surface area contributed by atoms with E-state index in [4.69, 9.17) is 32.4 Å². The molecule has 2 atom stereocenters. The molecule has 206 valence electrons. The lowest BCUT2D eigenvalue weighted by atomic mass is 9.71. The molecule has 0 saturated carbocycles. The van der Waals surface area contributed by atoms with Gasteiger partial charge in [-0.05, 0) is 25.0 Å². The maximum Gasteiger partial charge on any atom is 0.349 e. The van der Waals surface area contributed by atoms with Crippen LogP contribution in [-0.2, 0) is 10.7 Å². The molecule has 2 unspecified atom stereocenters. The van der Waals surface area contributed by atoms with Crippen LogP contribution in [-0.4, -0.2) is 86.4 Å². The second-order valence-electron chi connectivity index (χ2n) is 10.3. The Kier molecular flexibility index (Phi) is 6.69. The van der Waals surface area contributed by atoms with Crippen LogP contribution in [0.25, 0.3) is 0 Å². The molecule has 3 aromatic rings. The molecule has 39 heavy (non-hydrogen) atoms. The van der Waals surface area contributed by atoms with Crippen molar-refractivity contribution in [2.24, 2.45) is 5.41 Å². The largest absolute Gasteiger partial charge is 0.492 e. The van der Waals surface area contributed by atoms with E-state index in [1.807, 2.05) is 0 Å². The van der Waals surface area contributed by atoms with Crippen LogP contribution >= 0.6 is 23.2 Å². The van der Waals surface area contributed by atoms with Crippen molar-refractivity contribution in [3.8, 4) is 5.88 Å². The molecule has 0 radical (unpaired) electrons. The number of hydrogen-bond acceptors (Lipinski definition) is 9. The molecule has 0 bridgehead atoms. The van der Waals surface area contributed by atoms with Gasteiger partial charge in [-0.3, -0.25) is 9.69 Å². The van der Waals surface area contributed by atoms with E-state index in [1.165, 1.54) is 23.4 Å². The number of halogens is 4. The summed E-state index contributed by atoms with van der Waals surface area (Å²) in [4.78, 5) is 24.7.